The monoisotopic (exact) mass is 440 g/mol. The zero-order chi connectivity index (χ0) is 21.9. The van der Waals surface area contributed by atoms with Crippen LogP contribution in [0, 0.1) is 13.8 Å². The lowest BCUT2D eigenvalue weighted by atomic mass is 10.1. The van der Waals surface area contributed by atoms with E-state index in [0.29, 0.717) is 31.8 Å². The van der Waals surface area contributed by atoms with E-state index < -0.39 is 10.0 Å². The van der Waals surface area contributed by atoms with Crippen LogP contribution in [0.4, 0.5) is 0 Å². The van der Waals surface area contributed by atoms with Crippen LogP contribution in [-0.4, -0.2) is 98.3 Å². The Morgan fingerprint density at radius 2 is 1.87 bits per heavy atom. The Hall–Kier alpha value is -1.42. The molecule has 0 bridgehead atoms. The van der Waals surface area contributed by atoms with Gasteiger partial charge in [0.1, 0.15) is 0 Å². The molecule has 1 aromatic heterocycles. The number of likely N-dealkylation sites (tertiary alicyclic amines) is 2. The van der Waals surface area contributed by atoms with Crippen molar-refractivity contribution in [3.63, 3.8) is 0 Å². The van der Waals surface area contributed by atoms with Crippen LogP contribution in [0.15, 0.2) is 6.07 Å². The topological polar surface area (TPSA) is 75.1 Å². The van der Waals surface area contributed by atoms with Crippen molar-refractivity contribution < 1.29 is 17.9 Å². The summed E-state index contributed by atoms with van der Waals surface area (Å²) in [5, 5.41) is 0. The van der Waals surface area contributed by atoms with Gasteiger partial charge in [0, 0.05) is 57.8 Å². The highest BCUT2D eigenvalue weighted by molar-refractivity contribution is 7.88. The van der Waals surface area contributed by atoms with Gasteiger partial charge in [0.15, 0.2) is 0 Å². The molecular weight excluding hydrogens is 404 g/mol. The van der Waals surface area contributed by atoms with Crippen LogP contribution < -0.4 is 0 Å². The van der Waals surface area contributed by atoms with Crippen LogP contribution in [0.25, 0.3) is 0 Å². The lowest BCUT2D eigenvalue weighted by Gasteiger charge is -2.44. The number of carbonyl (C=O) groups excluding carboxylic acids is 1. The number of amides is 1. The standard InChI is InChI=1S/C21H36N4O4S/c1-17-14-20(18(2)24(17)10-7-13-29-3)21(26)23-15-19(16-23)25(30(4,27)28)12-11-22-8-5-6-9-22/h14,19H,5-13,15-16H2,1-4H3. The average molecular weight is 441 g/mol. The van der Waals surface area contributed by atoms with Gasteiger partial charge in [-0.05, 0) is 52.3 Å². The molecule has 2 saturated heterocycles. The van der Waals surface area contributed by atoms with Gasteiger partial charge in [-0.3, -0.25) is 4.79 Å². The summed E-state index contributed by atoms with van der Waals surface area (Å²) in [6.07, 6.45) is 4.55. The first-order chi connectivity index (χ1) is 14.2. The fraction of sp³-hybridized carbons (Fsp3) is 0.762. The second-order valence-electron chi connectivity index (χ2n) is 8.57. The second kappa shape index (κ2) is 9.80. The summed E-state index contributed by atoms with van der Waals surface area (Å²) in [5.41, 5.74) is 2.74. The van der Waals surface area contributed by atoms with E-state index in [1.165, 1.54) is 19.1 Å². The fourth-order valence-electron chi connectivity index (χ4n) is 4.57. The Bertz CT molecular complexity index is 839. The maximum Gasteiger partial charge on any atom is 0.255 e. The Labute approximate surface area is 180 Å². The van der Waals surface area contributed by atoms with E-state index in [0.717, 1.165) is 44.0 Å². The molecule has 1 aromatic rings. The third-order valence-electron chi connectivity index (χ3n) is 6.35. The molecule has 2 fully saturated rings. The van der Waals surface area contributed by atoms with Crippen molar-refractivity contribution in [3.8, 4) is 0 Å². The minimum absolute atomic E-state index is 0.00895. The molecule has 0 atom stereocenters. The van der Waals surface area contributed by atoms with Crippen molar-refractivity contribution >= 4 is 15.9 Å². The van der Waals surface area contributed by atoms with E-state index in [1.807, 2.05) is 19.9 Å². The van der Waals surface area contributed by atoms with Gasteiger partial charge >= 0.3 is 0 Å². The summed E-state index contributed by atoms with van der Waals surface area (Å²) < 4.78 is 33.5. The van der Waals surface area contributed by atoms with E-state index in [-0.39, 0.29) is 11.9 Å². The Morgan fingerprint density at radius 3 is 2.47 bits per heavy atom. The predicted octanol–water partition coefficient (Wildman–Crippen LogP) is 1.32. The van der Waals surface area contributed by atoms with Crippen molar-refractivity contribution in [1.29, 1.82) is 0 Å². The fourth-order valence-corrected chi connectivity index (χ4v) is 5.66. The molecule has 0 aromatic carbocycles. The van der Waals surface area contributed by atoms with Crippen molar-refractivity contribution in [2.45, 2.75) is 45.7 Å². The third-order valence-corrected chi connectivity index (χ3v) is 7.68. The lowest BCUT2D eigenvalue weighted by molar-refractivity contribution is 0.0442. The average Bonchev–Trinajstić information content (AvgIpc) is 3.25. The summed E-state index contributed by atoms with van der Waals surface area (Å²) in [7, 11) is -1.61. The van der Waals surface area contributed by atoms with Crippen LogP contribution >= 0.6 is 0 Å². The highest BCUT2D eigenvalue weighted by Gasteiger charge is 2.39. The molecule has 2 aliphatic rings. The molecule has 8 nitrogen and oxygen atoms in total. The van der Waals surface area contributed by atoms with E-state index in [2.05, 4.69) is 9.47 Å². The van der Waals surface area contributed by atoms with Crippen molar-refractivity contribution in [1.82, 2.24) is 18.7 Å². The minimum Gasteiger partial charge on any atom is -0.385 e. The predicted molar refractivity (Wildman–Crippen MR) is 117 cm³/mol. The van der Waals surface area contributed by atoms with Gasteiger partial charge in [-0.25, -0.2) is 8.42 Å². The van der Waals surface area contributed by atoms with Crippen LogP contribution in [0.5, 0.6) is 0 Å². The Morgan fingerprint density at radius 1 is 1.20 bits per heavy atom. The van der Waals surface area contributed by atoms with Gasteiger partial charge < -0.3 is 19.1 Å². The molecule has 0 spiro atoms. The van der Waals surface area contributed by atoms with Crippen LogP contribution in [-0.2, 0) is 21.3 Å². The molecule has 0 aliphatic carbocycles. The van der Waals surface area contributed by atoms with Gasteiger partial charge in [0.25, 0.3) is 5.91 Å². The molecule has 30 heavy (non-hydrogen) atoms. The molecule has 1 amide bonds. The highest BCUT2D eigenvalue weighted by Crippen LogP contribution is 2.24. The summed E-state index contributed by atoms with van der Waals surface area (Å²) in [5.74, 6) is -0.00895. The Balaban J connectivity index is 1.60. The normalized spacial score (nSPS) is 18.4. The summed E-state index contributed by atoms with van der Waals surface area (Å²) in [4.78, 5) is 17.1. The van der Waals surface area contributed by atoms with Crippen LogP contribution in [0.1, 0.15) is 41.0 Å². The number of aromatic nitrogens is 1. The summed E-state index contributed by atoms with van der Waals surface area (Å²) >= 11 is 0. The molecule has 2 aliphatic heterocycles. The van der Waals surface area contributed by atoms with Gasteiger partial charge in [-0.2, -0.15) is 4.31 Å². The number of carbonyl (C=O) groups is 1. The lowest BCUT2D eigenvalue weighted by Crippen LogP contribution is -2.62. The maximum atomic E-state index is 13.0. The van der Waals surface area contributed by atoms with Gasteiger partial charge in [0.2, 0.25) is 10.0 Å². The van der Waals surface area contributed by atoms with Crippen LogP contribution in [0.3, 0.4) is 0 Å². The van der Waals surface area contributed by atoms with Crippen LogP contribution in [0.2, 0.25) is 0 Å². The third kappa shape index (κ3) is 5.25. The molecule has 0 N–H and O–H groups in total. The SMILES string of the molecule is COCCCn1c(C)cc(C(=O)N2CC(N(CCN3CCCC3)S(C)(=O)=O)C2)c1C. The number of ether oxygens (including phenoxy) is 1. The molecular formula is C21H36N4O4S. The zero-order valence-corrected chi connectivity index (χ0v) is 19.6. The van der Waals surface area contributed by atoms with E-state index in [4.69, 9.17) is 4.74 Å². The largest absolute Gasteiger partial charge is 0.385 e. The number of methoxy groups -OCH3 is 1. The zero-order valence-electron chi connectivity index (χ0n) is 18.8. The molecule has 3 rings (SSSR count). The quantitative estimate of drug-likeness (QED) is 0.513. The maximum absolute atomic E-state index is 13.0. The summed E-state index contributed by atoms with van der Waals surface area (Å²) in [6.45, 7) is 9.77. The van der Waals surface area contributed by atoms with Gasteiger partial charge in [-0.1, -0.05) is 0 Å². The number of nitrogens with zero attached hydrogens (tertiary/aromatic N) is 4. The minimum atomic E-state index is -3.30. The molecule has 9 heteroatoms. The first-order valence-corrected chi connectivity index (χ1v) is 12.7. The highest BCUT2D eigenvalue weighted by atomic mass is 32.2. The number of hydrogen-bond acceptors (Lipinski definition) is 5. The number of sulfonamides is 1. The van der Waals surface area contributed by atoms with E-state index in [9.17, 15) is 13.2 Å². The first-order valence-electron chi connectivity index (χ1n) is 10.9. The smallest absolute Gasteiger partial charge is 0.255 e. The summed E-state index contributed by atoms with van der Waals surface area (Å²) in [6, 6.07) is 1.82. The first kappa shape index (κ1) is 23.2. The Kier molecular flexibility index (Phi) is 7.60. The van der Waals surface area contributed by atoms with Gasteiger partial charge in [0.05, 0.1) is 17.9 Å². The molecule has 170 valence electrons. The second-order valence-corrected chi connectivity index (χ2v) is 10.5. The van der Waals surface area contributed by atoms with Gasteiger partial charge in [-0.15, -0.1) is 0 Å². The number of rotatable bonds is 10. The van der Waals surface area contributed by atoms with E-state index >= 15 is 0 Å². The number of hydrogen-bond donors (Lipinski definition) is 0. The molecule has 0 unspecified atom stereocenters. The van der Waals surface area contributed by atoms with Crippen molar-refractivity contribution in [3.05, 3.63) is 23.0 Å². The van der Waals surface area contributed by atoms with Crippen molar-refractivity contribution in [2.75, 3.05) is 59.2 Å². The van der Waals surface area contributed by atoms with Crippen molar-refractivity contribution in [2.24, 2.45) is 0 Å². The number of aryl methyl sites for hydroxylation is 1. The van der Waals surface area contributed by atoms with E-state index in [1.54, 1.807) is 16.3 Å². The molecule has 0 radical (unpaired) electrons. The molecule has 3 heterocycles. The molecule has 0 saturated carbocycles.